The molecule has 0 bridgehead atoms. The van der Waals surface area contributed by atoms with Crippen LogP contribution in [0.1, 0.15) is 23.7 Å². The monoisotopic (exact) mass is 316 g/mol. The standard InChI is InChI=1S/C17H17FN2O3/c1-2-14(23-15-6-4-3-5-13(15)18)17(22)20-12-9-7-11(8-10-12)16(19)21/h3-10,14H,2H2,1H3,(H2,19,21)(H,20,22). The number of para-hydroxylation sites is 1. The number of hydrogen-bond donors (Lipinski definition) is 2. The summed E-state index contributed by atoms with van der Waals surface area (Å²) in [7, 11) is 0. The van der Waals surface area contributed by atoms with Gasteiger partial charge >= 0.3 is 0 Å². The number of rotatable bonds is 6. The van der Waals surface area contributed by atoms with Crippen LogP contribution in [0.25, 0.3) is 0 Å². The zero-order valence-corrected chi connectivity index (χ0v) is 12.6. The minimum Gasteiger partial charge on any atom is -0.478 e. The van der Waals surface area contributed by atoms with Crippen LogP contribution in [0.4, 0.5) is 10.1 Å². The van der Waals surface area contributed by atoms with Gasteiger partial charge in [-0.1, -0.05) is 19.1 Å². The lowest BCUT2D eigenvalue weighted by atomic mass is 10.2. The molecule has 0 fully saturated rings. The fraction of sp³-hybridized carbons (Fsp3) is 0.176. The largest absolute Gasteiger partial charge is 0.478 e. The number of nitrogens with two attached hydrogens (primary N) is 1. The van der Waals surface area contributed by atoms with Crippen LogP contribution in [0.5, 0.6) is 5.75 Å². The van der Waals surface area contributed by atoms with Crippen molar-refractivity contribution in [2.24, 2.45) is 5.73 Å². The number of anilines is 1. The summed E-state index contributed by atoms with van der Waals surface area (Å²) < 4.78 is 19.0. The number of hydrogen-bond acceptors (Lipinski definition) is 3. The molecule has 0 spiro atoms. The Morgan fingerprint density at radius 1 is 1.17 bits per heavy atom. The van der Waals surface area contributed by atoms with E-state index in [-0.39, 0.29) is 5.75 Å². The van der Waals surface area contributed by atoms with Crippen molar-refractivity contribution in [3.05, 3.63) is 59.9 Å². The topological polar surface area (TPSA) is 81.4 Å². The number of carbonyl (C=O) groups excluding carboxylic acids is 2. The molecule has 1 atom stereocenters. The first-order chi connectivity index (χ1) is 11.0. The number of benzene rings is 2. The third kappa shape index (κ3) is 4.29. The normalized spacial score (nSPS) is 11.6. The summed E-state index contributed by atoms with van der Waals surface area (Å²) in [5.74, 6) is -1.44. The Balaban J connectivity index is 2.05. The lowest BCUT2D eigenvalue weighted by molar-refractivity contribution is -0.122. The molecule has 2 aromatic carbocycles. The van der Waals surface area contributed by atoms with Gasteiger partial charge in [0.1, 0.15) is 0 Å². The molecule has 0 aliphatic rings. The van der Waals surface area contributed by atoms with Crippen molar-refractivity contribution in [3.63, 3.8) is 0 Å². The van der Waals surface area contributed by atoms with E-state index in [9.17, 15) is 14.0 Å². The van der Waals surface area contributed by atoms with Gasteiger partial charge < -0.3 is 15.8 Å². The average Bonchev–Trinajstić information content (AvgIpc) is 2.54. The van der Waals surface area contributed by atoms with Crippen molar-refractivity contribution in [2.75, 3.05) is 5.32 Å². The van der Waals surface area contributed by atoms with Gasteiger partial charge in [0.05, 0.1) is 0 Å². The van der Waals surface area contributed by atoms with Crippen molar-refractivity contribution >= 4 is 17.5 Å². The highest BCUT2D eigenvalue weighted by atomic mass is 19.1. The van der Waals surface area contributed by atoms with Gasteiger partial charge in [-0.05, 0) is 42.8 Å². The molecule has 0 radical (unpaired) electrons. The van der Waals surface area contributed by atoms with E-state index in [0.717, 1.165) is 0 Å². The van der Waals surface area contributed by atoms with Crippen molar-refractivity contribution in [1.29, 1.82) is 0 Å². The summed E-state index contributed by atoms with van der Waals surface area (Å²) in [5, 5.41) is 2.66. The zero-order chi connectivity index (χ0) is 16.8. The van der Waals surface area contributed by atoms with Crippen molar-refractivity contribution in [3.8, 4) is 5.75 Å². The first-order valence-corrected chi connectivity index (χ1v) is 7.13. The van der Waals surface area contributed by atoms with Crippen LogP contribution in [0.2, 0.25) is 0 Å². The van der Waals surface area contributed by atoms with Crippen LogP contribution < -0.4 is 15.8 Å². The molecule has 2 aromatic rings. The minimum absolute atomic E-state index is 0.0265. The van der Waals surface area contributed by atoms with E-state index in [2.05, 4.69) is 5.32 Å². The molecule has 0 aromatic heterocycles. The van der Waals surface area contributed by atoms with Gasteiger partial charge in [0.2, 0.25) is 5.91 Å². The van der Waals surface area contributed by atoms with E-state index in [1.165, 1.54) is 24.3 Å². The molecule has 120 valence electrons. The fourth-order valence-electron chi connectivity index (χ4n) is 1.96. The Morgan fingerprint density at radius 2 is 1.83 bits per heavy atom. The number of nitrogens with one attached hydrogen (secondary N) is 1. The summed E-state index contributed by atoms with van der Waals surface area (Å²) in [4.78, 5) is 23.2. The number of amides is 2. The highest BCUT2D eigenvalue weighted by molar-refractivity contribution is 5.96. The van der Waals surface area contributed by atoms with E-state index in [1.807, 2.05) is 0 Å². The van der Waals surface area contributed by atoms with Gasteiger partial charge in [-0.2, -0.15) is 0 Å². The van der Waals surface area contributed by atoms with Crippen molar-refractivity contribution < 1.29 is 18.7 Å². The predicted octanol–water partition coefficient (Wildman–Crippen LogP) is 2.72. The van der Waals surface area contributed by atoms with E-state index < -0.39 is 23.7 Å². The SMILES string of the molecule is CCC(Oc1ccccc1F)C(=O)Nc1ccc(C(N)=O)cc1. The molecule has 0 aliphatic carbocycles. The third-order valence-corrected chi connectivity index (χ3v) is 3.21. The van der Waals surface area contributed by atoms with Crippen LogP contribution in [-0.2, 0) is 4.79 Å². The number of ether oxygens (including phenoxy) is 1. The first-order valence-electron chi connectivity index (χ1n) is 7.13. The lowest BCUT2D eigenvalue weighted by Crippen LogP contribution is -2.32. The molecule has 0 heterocycles. The maximum atomic E-state index is 13.6. The van der Waals surface area contributed by atoms with Crippen LogP contribution in [0, 0.1) is 5.82 Å². The van der Waals surface area contributed by atoms with E-state index in [4.69, 9.17) is 10.5 Å². The summed E-state index contributed by atoms with van der Waals surface area (Å²) in [6.07, 6.45) is -0.456. The highest BCUT2D eigenvalue weighted by Gasteiger charge is 2.20. The van der Waals surface area contributed by atoms with Crippen molar-refractivity contribution in [1.82, 2.24) is 0 Å². The van der Waals surface area contributed by atoms with Gasteiger partial charge in [-0.3, -0.25) is 9.59 Å². The smallest absolute Gasteiger partial charge is 0.265 e. The molecule has 3 N–H and O–H groups in total. The van der Waals surface area contributed by atoms with E-state index >= 15 is 0 Å². The minimum atomic E-state index is -0.831. The molecule has 0 saturated heterocycles. The molecular weight excluding hydrogens is 299 g/mol. The summed E-state index contributed by atoms with van der Waals surface area (Å²) in [6.45, 7) is 1.77. The molecule has 2 rings (SSSR count). The second kappa shape index (κ2) is 7.40. The summed E-state index contributed by atoms with van der Waals surface area (Å²) in [5.41, 5.74) is 5.99. The maximum Gasteiger partial charge on any atom is 0.265 e. The van der Waals surface area contributed by atoms with E-state index in [1.54, 1.807) is 31.2 Å². The van der Waals surface area contributed by atoms with Gasteiger partial charge in [0, 0.05) is 11.3 Å². The second-order valence-electron chi connectivity index (χ2n) is 4.88. The number of halogens is 1. The molecule has 0 saturated carbocycles. The Morgan fingerprint density at radius 3 is 2.39 bits per heavy atom. The molecule has 2 amide bonds. The zero-order valence-electron chi connectivity index (χ0n) is 12.6. The Kier molecular flexibility index (Phi) is 5.30. The van der Waals surface area contributed by atoms with Crippen LogP contribution >= 0.6 is 0 Å². The summed E-state index contributed by atoms with van der Waals surface area (Å²) in [6, 6.07) is 12.1. The third-order valence-electron chi connectivity index (χ3n) is 3.21. The number of carbonyl (C=O) groups is 2. The van der Waals surface area contributed by atoms with Crippen LogP contribution in [0.15, 0.2) is 48.5 Å². The van der Waals surface area contributed by atoms with Gasteiger partial charge in [0.25, 0.3) is 5.91 Å². The Bertz CT molecular complexity index is 701. The molecule has 23 heavy (non-hydrogen) atoms. The fourth-order valence-corrected chi connectivity index (χ4v) is 1.96. The predicted molar refractivity (Wildman–Crippen MR) is 84.7 cm³/mol. The van der Waals surface area contributed by atoms with Crippen LogP contribution in [0.3, 0.4) is 0 Å². The van der Waals surface area contributed by atoms with Gasteiger partial charge in [0.15, 0.2) is 17.7 Å². The second-order valence-corrected chi connectivity index (χ2v) is 4.88. The molecular formula is C17H17FN2O3. The van der Waals surface area contributed by atoms with Crippen LogP contribution in [-0.4, -0.2) is 17.9 Å². The number of primary amides is 1. The maximum absolute atomic E-state index is 13.6. The highest BCUT2D eigenvalue weighted by Crippen LogP contribution is 2.19. The Labute approximate surface area is 133 Å². The summed E-state index contributed by atoms with van der Waals surface area (Å²) >= 11 is 0. The average molecular weight is 316 g/mol. The van der Waals surface area contributed by atoms with Gasteiger partial charge in [-0.15, -0.1) is 0 Å². The molecule has 5 nitrogen and oxygen atoms in total. The molecule has 0 aliphatic heterocycles. The molecule has 1 unspecified atom stereocenters. The first kappa shape index (κ1) is 16.5. The van der Waals surface area contributed by atoms with E-state index in [0.29, 0.717) is 17.7 Å². The van der Waals surface area contributed by atoms with Gasteiger partial charge in [-0.25, -0.2) is 4.39 Å². The Hall–Kier alpha value is -2.89. The van der Waals surface area contributed by atoms with Crippen molar-refractivity contribution in [2.45, 2.75) is 19.4 Å². The lowest BCUT2D eigenvalue weighted by Gasteiger charge is -2.17. The molecule has 6 heteroatoms. The quantitative estimate of drug-likeness (QED) is 0.859.